The second kappa shape index (κ2) is 42.0. The Morgan fingerprint density at radius 1 is 0.458 bits per heavy atom. The number of aromatic nitrogens is 13. The second-order valence-electron chi connectivity index (χ2n) is 27.5. The third-order valence-electron chi connectivity index (χ3n) is 16.1. The first-order valence-electron chi connectivity index (χ1n) is 34.5. The number of aromatic hydroxyl groups is 1. The van der Waals surface area contributed by atoms with Crippen LogP contribution in [0.25, 0.3) is 73.1 Å². The number of rotatable bonds is 3. The Morgan fingerprint density at radius 2 is 0.814 bits per heavy atom. The Labute approximate surface area is 702 Å². The molecule has 0 aliphatic carbocycles. The molecule has 0 amide bonds. The van der Waals surface area contributed by atoms with Crippen LogP contribution in [-0.2, 0) is 0 Å². The number of fused-ring (bicyclic) bond motifs is 7. The van der Waals surface area contributed by atoms with E-state index in [9.17, 15) is 46.6 Å². The maximum absolute atomic E-state index is 13.2. The molecule has 1 saturated heterocycles. The molecule has 2 N–H and O–H groups in total. The van der Waals surface area contributed by atoms with Gasteiger partial charge in [0.15, 0.2) is 22.7 Å². The molecule has 0 spiro atoms. The van der Waals surface area contributed by atoms with Gasteiger partial charge in [0.1, 0.15) is 101 Å². The summed E-state index contributed by atoms with van der Waals surface area (Å²) in [6.07, 6.45) is 16.5. The van der Waals surface area contributed by atoms with E-state index in [1.165, 1.54) is 81.6 Å². The first kappa shape index (κ1) is 98.1. The molecular formula is C87H97ClF4IN15O8Si2. The quantitative estimate of drug-likeness (QED) is 0.0547. The van der Waals surface area contributed by atoms with E-state index in [2.05, 4.69) is 135 Å². The van der Waals surface area contributed by atoms with E-state index >= 15 is 0 Å². The highest BCUT2D eigenvalue weighted by molar-refractivity contribution is 14.1. The van der Waals surface area contributed by atoms with E-state index in [0.29, 0.717) is 73.9 Å². The summed E-state index contributed by atoms with van der Waals surface area (Å²) in [6.45, 7) is 27.9. The van der Waals surface area contributed by atoms with Crippen LogP contribution < -0.4 is 38.0 Å². The van der Waals surface area contributed by atoms with E-state index in [1.54, 1.807) is 11.3 Å². The summed E-state index contributed by atoms with van der Waals surface area (Å²) >= 11 is 7.63. The van der Waals surface area contributed by atoms with Gasteiger partial charge in [-0.2, -0.15) is 0 Å². The number of terminal acetylenes is 2. The zero-order chi connectivity index (χ0) is 81.2. The van der Waals surface area contributed by atoms with E-state index < -0.39 is 45.0 Å². The maximum Gasteiger partial charge on any atom is 0.259 e. The van der Waals surface area contributed by atoms with Crippen molar-refractivity contribution in [3.05, 3.63) is 282 Å². The van der Waals surface area contributed by atoms with E-state index in [4.69, 9.17) is 33.3 Å². The molecule has 618 valence electrons. The Bertz CT molecular complexity index is 6600. The first-order chi connectivity index (χ1) is 53.0. The lowest BCUT2D eigenvalue weighted by molar-refractivity contribution is 0.463. The summed E-state index contributed by atoms with van der Waals surface area (Å²) in [5.74, 6) is 4.61. The maximum atomic E-state index is 13.2. The Balaban J connectivity index is 0.000000299. The predicted molar refractivity (Wildman–Crippen MR) is 481 cm³/mol. The lowest BCUT2D eigenvalue weighted by Crippen LogP contribution is -2.43. The van der Waals surface area contributed by atoms with Crippen molar-refractivity contribution in [3.8, 4) is 64.4 Å². The predicted octanol–water partition coefficient (Wildman–Crippen LogP) is 17.5. The average Bonchev–Trinajstić information content (AvgIpc) is 1.60. The fourth-order valence-electron chi connectivity index (χ4n) is 10.9. The number of hydrogen-bond acceptors (Lipinski definition) is 18. The van der Waals surface area contributed by atoms with Crippen LogP contribution in [0.2, 0.25) is 44.4 Å². The van der Waals surface area contributed by atoms with Crippen LogP contribution in [0.1, 0.15) is 90.1 Å². The van der Waals surface area contributed by atoms with Crippen LogP contribution in [0.3, 0.4) is 0 Å². The Hall–Kier alpha value is -12.3. The topological polar surface area (TPSA) is 272 Å². The minimum Gasteiger partial charge on any atom is -0.505 e. The molecule has 1 aliphatic rings. The van der Waals surface area contributed by atoms with E-state index in [1.807, 2.05) is 83.3 Å². The number of halogens is 6. The first-order valence-corrected chi connectivity index (χ1v) is 42.9. The Kier molecular flexibility index (Phi) is 35.0. The van der Waals surface area contributed by atoms with Crippen molar-refractivity contribution in [2.24, 2.45) is 0 Å². The number of hydrogen-bond donors (Lipinski definition) is 2. The summed E-state index contributed by atoms with van der Waals surface area (Å²) in [6, 6.07) is 30.6. The molecule has 0 atom stereocenters. The van der Waals surface area contributed by atoms with Gasteiger partial charge in [-0.3, -0.25) is 60.9 Å². The SMILES string of the molecule is C.C.C.C.C.C.C#C[Si](C)(C)C.C#Cc1cc(=O)n2cc(F)ccc2n1.C[Si](C)(C)C#Cc1cc(=O)n2cc(F)ccc2n1.Cc1cc(I)c(O)c(C)n1.Cc1cc2cc(-c3cc(=O)n4cc(F)ccc4n3)oc2c(C)n1.Cc1cc2cc(-c3cc(=O)n4cc(N5CCNCC5)ccc4n3)oc2c(C)n1.O=c1cc(Cl)nc2ccc(F)cn12. The largest absolute Gasteiger partial charge is 0.505 e. The van der Waals surface area contributed by atoms with Gasteiger partial charge in [0.05, 0.1) is 26.3 Å². The molecule has 16 rings (SSSR count). The second-order valence-corrected chi connectivity index (χ2v) is 38.6. The highest BCUT2D eigenvalue weighted by Gasteiger charge is 2.18. The van der Waals surface area contributed by atoms with Gasteiger partial charge < -0.3 is 24.2 Å². The minimum atomic E-state index is -1.50. The molecule has 15 aromatic rings. The summed E-state index contributed by atoms with van der Waals surface area (Å²) in [4.78, 5) is 95.5. The van der Waals surface area contributed by atoms with Gasteiger partial charge in [-0.25, -0.2) is 42.5 Å². The molecule has 0 saturated carbocycles. The molecular weight excluding hydrogens is 1680 g/mol. The smallest absolute Gasteiger partial charge is 0.259 e. The van der Waals surface area contributed by atoms with Crippen LogP contribution in [0.5, 0.6) is 5.75 Å². The third-order valence-corrected chi connectivity index (χ3v) is 18.8. The van der Waals surface area contributed by atoms with Gasteiger partial charge in [-0.1, -0.05) is 101 Å². The van der Waals surface area contributed by atoms with Gasteiger partial charge >= 0.3 is 0 Å². The molecule has 0 aromatic carbocycles. The molecule has 0 bridgehead atoms. The van der Waals surface area contributed by atoms with Crippen molar-refractivity contribution in [3.63, 3.8) is 0 Å². The fourth-order valence-corrected chi connectivity index (χ4v) is 12.4. The highest BCUT2D eigenvalue weighted by Crippen LogP contribution is 2.31. The summed E-state index contributed by atoms with van der Waals surface area (Å²) < 4.78 is 70.5. The fraction of sp³-hybridized carbons (Fsp3) is 0.253. The third kappa shape index (κ3) is 25.4. The van der Waals surface area contributed by atoms with E-state index in [-0.39, 0.29) is 77.6 Å². The number of anilines is 1. The van der Waals surface area contributed by atoms with Gasteiger partial charge in [0.2, 0.25) is 0 Å². The highest BCUT2D eigenvalue weighted by atomic mass is 127. The van der Waals surface area contributed by atoms with Crippen molar-refractivity contribution in [2.45, 2.75) is 125 Å². The molecule has 23 nitrogen and oxygen atoms in total. The zero-order valence-electron chi connectivity index (χ0n) is 62.8. The lowest BCUT2D eigenvalue weighted by atomic mass is 10.2. The van der Waals surface area contributed by atoms with Crippen LogP contribution >= 0.6 is 34.2 Å². The number of piperazine rings is 1. The minimum absolute atomic E-state index is 0. The number of pyridine rings is 8. The monoisotopic (exact) mass is 1770 g/mol. The summed E-state index contributed by atoms with van der Waals surface area (Å²) in [5.41, 5.74) is 15.5. The van der Waals surface area contributed by atoms with Crippen molar-refractivity contribution in [1.29, 1.82) is 0 Å². The number of nitrogens with one attached hydrogen (secondary N) is 1. The summed E-state index contributed by atoms with van der Waals surface area (Å²) in [5, 5.41) is 14.6. The van der Waals surface area contributed by atoms with Crippen molar-refractivity contribution in [1.82, 2.24) is 67.2 Å². The number of aryl methyl sites for hydroxylation is 6. The van der Waals surface area contributed by atoms with Crippen molar-refractivity contribution < 1.29 is 31.5 Å². The van der Waals surface area contributed by atoms with Crippen LogP contribution in [0.15, 0.2) is 185 Å². The standard InChI is InChI=1S/C21H21N5O2.C17H12FN3O2.C13H13FN2OSi.C10H5FN2O.C8H4ClFN2O.C7H8INO.C5H10Si.6CH4/c1-13-9-15-10-18(28-21(15)14(2)23-13)17-11-20(27)26-12-16(3-4-19(26)24-17)25-7-5-22-6-8-25;1-9-5-11-6-14(23-17(11)10(2)19-9)13-7-16(22)21-8-12(18)3-4-15(21)20-13;1-18(2,3)7-6-11-8-13(17)16-9-10(14)4-5-12(16)15-11;1-2-8-5-10(14)13-6-7(11)3-4-9(13)12-8;9-6-3-8(13)12-4-5(10)1-2-7(12)11-6;1-4-3-6(8)7(10)5(2)9-4;1-5-6(2,3)4;;;;;;/h3-4,9-12,22H,5-8H2,1-2H3;3-8H,1-2H3;4-5,8-9H,1-3H3;1,3-6H;1-4H;3,10H,1-2H3;1H,2-4H3;6*1H4. The van der Waals surface area contributed by atoms with Crippen LogP contribution in [0, 0.1) is 104 Å². The van der Waals surface area contributed by atoms with Gasteiger partial charge in [0.25, 0.3) is 27.8 Å². The molecule has 16 heterocycles. The molecule has 118 heavy (non-hydrogen) atoms. The molecule has 31 heteroatoms. The Morgan fingerprint density at radius 3 is 1.22 bits per heavy atom. The van der Waals surface area contributed by atoms with Gasteiger partial charge in [0, 0.05) is 115 Å². The molecule has 1 aliphatic heterocycles. The van der Waals surface area contributed by atoms with Crippen molar-refractivity contribution in [2.75, 3.05) is 31.1 Å². The molecule has 0 radical (unpaired) electrons. The average molecular weight is 1780 g/mol. The summed E-state index contributed by atoms with van der Waals surface area (Å²) in [7, 11) is -2.61. The van der Waals surface area contributed by atoms with Crippen LogP contribution in [0.4, 0.5) is 23.2 Å². The van der Waals surface area contributed by atoms with E-state index in [0.717, 1.165) is 120 Å². The molecule has 0 unspecified atom stereocenters. The van der Waals surface area contributed by atoms with Crippen LogP contribution in [-0.4, -0.2) is 109 Å². The van der Waals surface area contributed by atoms with Gasteiger partial charge in [-0.15, -0.1) is 23.9 Å². The zero-order valence-corrected chi connectivity index (χ0v) is 67.7. The number of furan rings is 2. The molecule has 15 aromatic heterocycles. The van der Waals surface area contributed by atoms with Crippen molar-refractivity contribution >= 4 is 106 Å². The molecule has 1 fully saturated rings. The number of nitrogens with zero attached hydrogens (tertiary/aromatic N) is 14. The lowest BCUT2D eigenvalue weighted by Gasteiger charge is -2.29. The van der Waals surface area contributed by atoms with Gasteiger partial charge in [-0.05, 0) is 161 Å². The normalized spacial score (nSPS) is 11.2.